The number of rotatable bonds is 3. The normalized spacial score (nSPS) is 19.9. The first kappa shape index (κ1) is 13.6. The first-order valence-electron chi connectivity index (χ1n) is 6.99. The average molecular weight is 256 g/mol. The smallest absolute Gasteiger partial charge is 0.222 e. The van der Waals surface area contributed by atoms with Gasteiger partial charge in [-0.15, -0.1) is 0 Å². The zero-order valence-electron chi connectivity index (χ0n) is 11.4. The van der Waals surface area contributed by atoms with E-state index in [1.54, 1.807) is 0 Å². The van der Waals surface area contributed by atoms with Crippen molar-refractivity contribution in [3.8, 4) is 6.07 Å². The number of hydrogen-bond acceptors (Lipinski definition) is 2. The minimum Gasteiger partial charge on any atom is -0.338 e. The molecule has 3 nitrogen and oxygen atoms in total. The molecule has 0 aromatic heterocycles. The van der Waals surface area contributed by atoms with Crippen LogP contribution in [0.15, 0.2) is 24.3 Å². The van der Waals surface area contributed by atoms with Crippen molar-refractivity contribution in [1.82, 2.24) is 4.90 Å². The molecule has 1 aromatic carbocycles. The number of carbonyl (C=O) groups excluding carboxylic acids is 1. The Labute approximate surface area is 114 Å². The molecule has 19 heavy (non-hydrogen) atoms. The SMILES string of the molecule is CCC1CCC(=O)N(Cc2ccc(C#N)cc2)CC1. The van der Waals surface area contributed by atoms with Crippen molar-refractivity contribution in [1.29, 1.82) is 5.26 Å². The van der Waals surface area contributed by atoms with E-state index < -0.39 is 0 Å². The number of likely N-dealkylation sites (tertiary alicyclic amines) is 1. The van der Waals surface area contributed by atoms with Crippen LogP contribution in [0.1, 0.15) is 43.7 Å². The largest absolute Gasteiger partial charge is 0.338 e. The molecule has 3 heteroatoms. The van der Waals surface area contributed by atoms with Crippen molar-refractivity contribution in [3.63, 3.8) is 0 Å². The van der Waals surface area contributed by atoms with Gasteiger partial charge < -0.3 is 4.90 Å². The quantitative estimate of drug-likeness (QED) is 0.834. The van der Waals surface area contributed by atoms with Crippen molar-refractivity contribution in [2.75, 3.05) is 6.54 Å². The standard InChI is InChI=1S/C16H20N2O/c1-2-13-7-8-16(19)18(10-9-13)12-15-5-3-14(11-17)4-6-15/h3-6,13H,2,7-10,12H2,1H3. The third-order valence-corrected chi connectivity index (χ3v) is 3.96. The van der Waals surface area contributed by atoms with Crippen LogP contribution in [-0.2, 0) is 11.3 Å². The summed E-state index contributed by atoms with van der Waals surface area (Å²) in [6.45, 7) is 3.73. The molecule has 0 radical (unpaired) electrons. The van der Waals surface area contributed by atoms with E-state index in [1.807, 2.05) is 29.2 Å². The lowest BCUT2D eigenvalue weighted by Gasteiger charge is -2.21. The van der Waals surface area contributed by atoms with E-state index in [0.717, 1.165) is 31.4 Å². The summed E-state index contributed by atoms with van der Waals surface area (Å²) in [5.41, 5.74) is 1.76. The maximum atomic E-state index is 12.1. The van der Waals surface area contributed by atoms with Gasteiger partial charge in [0.15, 0.2) is 0 Å². The molecule has 0 bridgehead atoms. The Balaban J connectivity index is 2.00. The molecule has 0 aliphatic carbocycles. The summed E-state index contributed by atoms with van der Waals surface area (Å²) >= 11 is 0. The number of hydrogen-bond donors (Lipinski definition) is 0. The summed E-state index contributed by atoms with van der Waals surface area (Å²) in [6.07, 6.45) is 3.98. The fourth-order valence-corrected chi connectivity index (χ4v) is 2.57. The first-order valence-corrected chi connectivity index (χ1v) is 6.99. The van der Waals surface area contributed by atoms with Crippen LogP contribution in [0.4, 0.5) is 0 Å². The Kier molecular flexibility index (Phi) is 4.57. The Morgan fingerprint density at radius 1 is 1.32 bits per heavy atom. The number of nitriles is 1. The first-order chi connectivity index (χ1) is 9.22. The number of amides is 1. The van der Waals surface area contributed by atoms with Gasteiger partial charge in [-0.3, -0.25) is 4.79 Å². The second kappa shape index (κ2) is 6.38. The van der Waals surface area contributed by atoms with Gasteiger partial charge in [-0.25, -0.2) is 0 Å². The highest BCUT2D eigenvalue weighted by Gasteiger charge is 2.21. The van der Waals surface area contributed by atoms with Crippen molar-refractivity contribution in [3.05, 3.63) is 35.4 Å². The highest BCUT2D eigenvalue weighted by Crippen LogP contribution is 2.22. The molecule has 1 saturated heterocycles. The molecule has 1 fully saturated rings. The molecule has 0 saturated carbocycles. The predicted molar refractivity (Wildman–Crippen MR) is 74.2 cm³/mol. The molecule has 1 aromatic rings. The van der Waals surface area contributed by atoms with Gasteiger partial charge in [0.05, 0.1) is 11.6 Å². The van der Waals surface area contributed by atoms with Crippen LogP contribution in [0.5, 0.6) is 0 Å². The van der Waals surface area contributed by atoms with Gasteiger partial charge in [0.2, 0.25) is 5.91 Å². The predicted octanol–water partition coefficient (Wildman–Crippen LogP) is 3.10. The van der Waals surface area contributed by atoms with Gasteiger partial charge >= 0.3 is 0 Å². The van der Waals surface area contributed by atoms with Gasteiger partial charge in [-0.1, -0.05) is 25.5 Å². The van der Waals surface area contributed by atoms with Crippen LogP contribution in [0, 0.1) is 17.2 Å². The topological polar surface area (TPSA) is 44.1 Å². The zero-order chi connectivity index (χ0) is 13.7. The average Bonchev–Trinajstić information content (AvgIpc) is 2.62. The third kappa shape index (κ3) is 3.57. The molecule has 1 aliphatic rings. The fourth-order valence-electron chi connectivity index (χ4n) is 2.57. The molecule has 100 valence electrons. The van der Waals surface area contributed by atoms with Gasteiger partial charge in [0, 0.05) is 19.5 Å². The summed E-state index contributed by atoms with van der Waals surface area (Å²) in [5, 5.41) is 8.77. The van der Waals surface area contributed by atoms with Crippen LogP contribution in [0.3, 0.4) is 0 Å². The van der Waals surface area contributed by atoms with Crippen LogP contribution in [0.2, 0.25) is 0 Å². The van der Waals surface area contributed by atoms with Gasteiger partial charge in [0.1, 0.15) is 0 Å². The molecule has 1 aliphatic heterocycles. The monoisotopic (exact) mass is 256 g/mol. The van der Waals surface area contributed by atoms with E-state index >= 15 is 0 Å². The molecule has 0 N–H and O–H groups in total. The van der Waals surface area contributed by atoms with Crippen LogP contribution in [0.25, 0.3) is 0 Å². The summed E-state index contributed by atoms with van der Waals surface area (Å²) in [4.78, 5) is 14.0. The van der Waals surface area contributed by atoms with E-state index in [2.05, 4.69) is 13.0 Å². The molecule has 2 rings (SSSR count). The number of carbonyl (C=O) groups is 1. The van der Waals surface area contributed by atoms with E-state index in [1.165, 1.54) is 0 Å². The Hall–Kier alpha value is -1.82. The van der Waals surface area contributed by atoms with E-state index in [0.29, 0.717) is 24.4 Å². The lowest BCUT2D eigenvalue weighted by molar-refractivity contribution is -0.131. The molecule has 0 spiro atoms. The summed E-state index contributed by atoms with van der Waals surface area (Å²) in [5.74, 6) is 0.954. The van der Waals surface area contributed by atoms with E-state index in [9.17, 15) is 4.79 Å². The van der Waals surface area contributed by atoms with Crippen LogP contribution >= 0.6 is 0 Å². The molecule has 1 heterocycles. The van der Waals surface area contributed by atoms with Gasteiger partial charge in [-0.2, -0.15) is 5.26 Å². The van der Waals surface area contributed by atoms with Crippen molar-refractivity contribution in [2.24, 2.45) is 5.92 Å². The zero-order valence-corrected chi connectivity index (χ0v) is 11.4. The van der Waals surface area contributed by atoms with Crippen molar-refractivity contribution >= 4 is 5.91 Å². The maximum absolute atomic E-state index is 12.1. The maximum Gasteiger partial charge on any atom is 0.222 e. The van der Waals surface area contributed by atoms with E-state index in [-0.39, 0.29) is 5.91 Å². The second-order valence-electron chi connectivity index (χ2n) is 5.23. The minimum atomic E-state index is 0.264. The van der Waals surface area contributed by atoms with Crippen molar-refractivity contribution in [2.45, 2.75) is 39.2 Å². The van der Waals surface area contributed by atoms with E-state index in [4.69, 9.17) is 5.26 Å². The third-order valence-electron chi connectivity index (χ3n) is 3.96. The van der Waals surface area contributed by atoms with Gasteiger partial charge in [-0.05, 0) is 36.5 Å². The lowest BCUT2D eigenvalue weighted by atomic mass is 9.98. The fraction of sp³-hybridized carbons (Fsp3) is 0.500. The Bertz CT molecular complexity index is 473. The molecule has 1 atom stereocenters. The van der Waals surface area contributed by atoms with Gasteiger partial charge in [0.25, 0.3) is 0 Å². The van der Waals surface area contributed by atoms with Crippen LogP contribution in [-0.4, -0.2) is 17.4 Å². The molecule has 1 unspecified atom stereocenters. The number of benzene rings is 1. The Morgan fingerprint density at radius 2 is 2.05 bits per heavy atom. The second-order valence-corrected chi connectivity index (χ2v) is 5.23. The summed E-state index contributed by atoms with van der Waals surface area (Å²) in [7, 11) is 0. The van der Waals surface area contributed by atoms with Crippen LogP contribution < -0.4 is 0 Å². The lowest BCUT2D eigenvalue weighted by Crippen LogP contribution is -2.29. The molecular formula is C16H20N2O. The summed E-state index contributed by atoms with van der Waals surface area (Å²) in [6, 6.07) is 9.61. The molecule has 1 amide bonds. The number of nitrogens with zero attached hydrogens (tertiary/aromatic N) is 2. The highest BCUT2D eigenvalue weighted by atomic mass is 16.2. The molecular weight excluding hydrogens is 236 g/mol. The minimum absolute atomic E-state index is 0.264. The highest BCUT2D eigenvalue weighted by molar-refractivity contribution is 5.76. The Morgan fingerprint density at radius 3 is 2.68 bits per heavy atom. The summed E-state index contributed by atoms with van der Waals surface area (Å²) < 4.78 is 0. The van der Waals surface area contributed by atoms with Crippen molar-refractivity contribution < 1.29 is 4.79 Å².